The molecule has 0 amide bonds. The maximum Gasteiger partial charge on any atom is 0.441 e. The highest BCUT2D eigenvalue weighted by Gasteiger charge is 2.27. The van der Waals surface area contributed by atoms with Crippen molar-refractivity contribution < 1.29 is 17.9 Å². The Balaban J connectivity index is 2.42. The third-order valence-corrected chi connectivity index (χ3v) is 3.58. The molecule has 0 aliphatic rings. The van der Waals surface area contributed by atoms with Gasteiger partial charge in [-0.2, -0.15) is 13.2 Å². The molecule has 0 saturated heterocycles. The number of alkyl halides is 3. The van der Waals surface area contributed by atoms with Crippen LogP contribution in [0.1, 0.15) is 12.0 Å². The average molecular weight is 293 g/mol. The Morgan fingerprint density at radius 2 is 1.89 bits per heavy atom. The maximum atomic E-state index is 12.0. The molecule has 1 rings (SSSR count). The standard InChI is InChI=1S/C13H18F3NOS/c1-18-12-4-2-10(3-5-12)8-11(9-17)6-7-19-13(14,15)16/h2-5,11H,6-9,17H2,1H3. The molecule has 19 heavy (non-hydrogen) atoms. The van der Waals surface area contributed by atoms with Crippen molar-refractivity contribution in [3.63, 3.8) is 0 Å². The first kappa shape index (κ1) is 16.2. The normalized spacial score (nSPS) is 13.3. The van der Waals surface area contributed by atoms with Crippen LogP contribution in [0.4, 0.5) is 13.2 Å². The topological polar surface area (TPSA) is 35.2 Å². The first-order chi connectivity index (χ1) is 8.94. The minimum Gasteiger partial charge on any atom is -0.497 e. The Morgan fingerprint density at radius 3 is 2.37 bits per heavy atom. The van der Waals surface area contributed by atoms with E-state index < -0.39 is 5.51 Å². The van der Waals surface area contributed by atoms with Crippen LogP contribution >= 0.6 is 11.8 Å². The van der Waals surface area contributed by atoms with E-state index in [4.69, 9.17) is 10.5 Å². The van der Waals surface area contributed by atoms with Crippen LogP contribution in [0.2, 0.25) is 0 Å². The van der Waals surface area contributed by atoms with E-state index in [0.29, 0.717) is 19.4 Å². The average Bonchev–Trinajstić information content (AvgIpc) is 2.37. The SMILES string of the molecule is COc1ccc(CC(CN)CCSC(F)(F)F)cc1. The van der Waals surface area contributed by atoms with E-state index in [1.807, 2.05) is 24.3 Å². The monoisotopic (exact) mass is 293 g/mol. The van der Waals surface area contributed by atoms with Crippen molar-refractivity contribution >= 4 is 11.8 Å². The van der Waals surface area contributed by atoms with Crippen LogP contribution in [0.25, 0.3) is 0 Å². The summed E-state index contributed by atoms with van der Waals surface area (Å²) in [6.07, 6.45) is 1.16. The molecule has 6 heteroatoms. The molecule has 108 valence electrons. The second-order valence-electron chi connectivity index (χ2n) is 4.24. The molecule has 0 bridgehead atoms. The van der Waals surface area contributed by atoms with E-state index in [-0.39, 0.29) is 23.4 Å². The fourth-order valence-electron chi connectivity index (χ4n) is 1.74. The van der Waals surface area contributed by atoms with Gasteiger partial charge in [0.2, 0.25) is 0 Å². The van der Waals surface area contributed by atoms with Crippen molar-refractivity contribution in [2.45, 2.75) is 18.3 Å². The van der Waals surface area contributed by atoms with E-state index >= 15 is 0 Å². The van der Waals surface area contributed by atoms with Gasteiger partial charge in [0.25, 0.3) is 0 Å². The molecular formula is C13H18F3NOS. The first-order valence-corrected chi connectivity index (χ1v) is 6.97. The lowest BCUT2D eigenvalue weighted by Crippen LogP contribution is -2.18. The van der Waals surface area contributed by atoms with Crippen molar-refractivity contribution in [2.24, 2.45) is 11.7 Å². The van der Waals surface area contributed by atoms with Gasteiger partial charge in [-0.05, 0) is 43.0 Å². The summed E-state index contributed by atoms with van der Waals surface area (Å²) in [4.78, 5) is 0. The number of halogens is 3. The van der Waals surface area contributed by atoms with Crippen molar-refractivity contribution in [1.29, 1.82) is 0 Å². The molecule has 1 aromatic carbocycles. The summed E-state index contributed by atoms with van der Waals surface area (Å²) < 4.78 is 41.2. The summed E-state index contributed by atoms with van der Waals surface area (Å²) in [5.41, 5.74) is 2.52. The Bertz CT molecular complexity index is 367. The Kier molecular flexibility index (Phi) is 6.51. The van der Waals surface area contributed by atoms with Crippen molar-refractivity contribution in [3.05, 3.63) is 29.8 Å². The van der Waals surface area contributed by atoms with E-state index in [0.717, 1.165) is 11.3 Å². The van der Waals surface area contributed by atoms with Gasteiger partial charge in [0.15, 0.2) is 0 Å². The Labute approximate surface area is 115 Å². The summed E-state index contributed by atoms with van der Waals surface area (Å²) >= 11 is 0.0183. The molecule has 1 aromatic rings. The van der Waals surface area contributed by atoms with Crippen molar-refractivity contribution in [3.8, 4) is 5.75 Å². The summed E-state index contributed by atoms with van der Waals surface area (Å²) in [7, 11) is 1.59. The van der Waals surface area contributed by atoms with Crippen LogP contribution in [0.15, 0.2) is 24.3 Å². The molecule has 0 aromatic heterocycles. The lowest BCUT2D eigenvalue weighted by molar-refractivity contribution is -0.0328. The smallest absolute Gasteiger partial charge is 0.441 e. The van der Waals surface area contributed by atoms with Gasteiger partial charge >= 0.3 is 5.51 Å². The van der Waals surface area contributed by atoms with Crippen LogP contribution < -0.4 is 10.5 Å². The van der Waals surface area contributed by atoms with Crippen molar-refractivity contribution in [2.75, 3.05) is 19.4 Å². The van der Waals surface area contributed by atoms with Crippen LogP contribution in [-0.2, 0) is 6.42 Å². The molecule has 1 atom stereocenters. The van der Waals surface area contributed by atoms with Crippen LogP contribution in [0.5, 0.6) is 5.75 Å². The molecule has 0 spiro atoms. The van der Waals surface area contributed by atoms with Crippen molar-refractivity contribution in [1.82, 2.24) is 0 Å². The molecule has 0 saturated carbocycles. The zero-order valence-corrected chi connectivity index (χ0v) is 11.6. The molecule has 2 nitrogen and oxygen atoms in total. The number of rotatable bonds is 7. The fraction of sp³-hybridized carbons (Fsp3) is 0.538. The zero-order chi connectivity index (χ0) is 14.3. The highest BCUT2D eigenvalue weighted by atomic mass is 32.2. The summed E-state index contributed by atoms with van der Waals surface area (Å²) in [5.74, 6) is 0.894. The van der Waals surface area contributed by atoms with Crippen LogP contribution in [0, 0.1) is 5.92 Å². The number of nitrogens with two attached hydrogens (primary N) is 1. The third kappa shape index (κ3) is 6.73. The zero-order valence-electron chi connectivity index (χ0n) is 10.7. The van der Waals surface area contributed by atoms with Gasteiger partial charge in [0.05, 0.1) is 7.11 Å². The minimum atomic E-state index is -4.15. The second-order valence-corrected chi connectivity index (χ2v) is 5.40. The predicted octanol–water partition coefficient (Wildman–Crippen LogP) is 3.46. The highest BCUT2D eigenvalue weighted by molar-refractivity contribution is 8.00. The number of ether oxygens (including phenoxy) is 1. The quantitative estimate of drug-likeness (QED) is 0.836. The Hall–Kier alpha value is -0.880. The minimum absolute atomic E-state index is 0.0183. The number of hydrogen-bond acceptors (Lipinski definition) is 3. The summed E-state index contributed by atoms with van der Waals surface area (Å²) in [5, 5.41) is 0. The summed E-state index contributed by atoms with van der Waals surface area (Å²) in [6, 6.07) is 7.51. The molecule has 0 aliphatic heterocycles. The molecule has 0 heterocycles. The number of hydrogen-bond donors (Lipinski definition) is 1. The van der Waals surface area contributed by atoms with Gasteiger partial charge in [0, 0.05) is 5.75 Å². The number of benzene rings is 1. The van der Waals surface area contributed by atoms with Crippen LogP contribution in [0.3, 0.4) is 0 Å². The first-order valence-electron chi connectivity index (χ1n) is 5.98. The van der Waals surface area contributed by atoms with Gasteiger partial charge in [0.1, 0.15) is 5.75 Å². The second kappa shape index (κ2) is 7.65. The molecule has 0 aliphatic carbocycles. The van der Waals surface area contributed by atoms with E-state index in [1.54, 1.807) is 7.11 Å². The van der Waals surface area contributed by atoms with Gasteiger partial charge in [-0.1, -0.05) is 23.9 Å². The van der Waals surface area contributed by atoms with E-state index in [1.165, 1.54) is 0 Å². The maximum absolute atomic E-state index is 12.0. The van der Waals surface area contributed by atoms with Gasteiger partial charge in [-0.15, -0.1) is 0 Å². The third-order valence-electron chi connectivity index (χ3n) is 2.81. The highest BCUT2D eigenvalue weighted by Crippen LogP contribution is 2.31. The molecule has 0 radical (unpaired) electrons. The fourth-order valence-corrected chi connectivity index (χ4v) is 2.42. The largest absolute Gasteiger partial charge is 0.497 e. The summed E-state index contributed by atoms with van der Waals surface area (Å²) in [6.45, 7) is 0.393. The lowest BCUT2D eigenvalue weighted by Gasteiger charge is -2.15. The van der Waals surface area contributed by atoms with E-state index in [9.17, 15) is 13.2 Å². The van der Waals surface area contributed by atoms with Gasteiger partial charge in [-0.25, -0.2) is 0 Å². The number of thioether (sulfide) groups is 1. The molecule has 2 N–H and O–H groups in total. The van der Waals surface area contributed by atoms with Gasteiger partial charge in [-0.3, -0.25) is 0 Å². The number of methoxy groups -OCH3 is 1. The molecule has 1 unspecified atom stereocenters. The van der Waals surface area contributed by atoms with Crippen LogP contribution in [-0.4, -0.2) is 24.9 Å². The predicted molar refractivity (Wildman–Crippen MR) is 72.4 cm³/mol. The molecular weight excluding hydrogens is 275 g/mol. The van der Waals surface area contributed by atoms with Gasteiger partial charge < -0.3 is 10.5 Å². The Morgan fingerprint density at radius 1 is 1.26 bits per heavy atom. The molecule has 0 fully saturated rings. The lowest BCUT2D eigenvalue weighted by atomic mass is 9.97. The van der Waals surface area contributed by atoms with E-state index in [2.05, 4.69) is 0 Å².